The van der Waals surface area contributed by atoms with Gasteiger partial charge in [-0.25, -0.2) is 4.79 Å². The molecule has 2 aromatic rings. The van der Waals surface area contributed by atoms with Crippen molar-refractivity contribution < 1.29 is 9.90 Å². The topological polar surface area (TPSA) is 49.3 Å². The molecule has 0 radical (unpaired) electrons. The van der Waals surface area contributed by atoms with Crippen molar-refractivity contribution in [3.05, 3.63) is 71.3 Å². The van der Waals surface area contributed by atoms with Crippen molar-refractivity contribution in [2.75, 3.05) is 5.32 Å². The van der Waals surface area contributed by atoms with Crippen LogP contribution in [0.1, 0.15) is 18.1 Å². The predicted molar refractivity (Wildman–Crippen MR) is 79.5 cm³/mol. The average Bonchev–Trinajstić information content (AvgIpc) is 2.47. The summed E-state index contributed by atoms with van der Waals surface area (Å²) >= 11 is 0. The third-order valence-electron chi connectivity index (χ3n) is 3.77. The van der Waals surface area contributed by atoms with E-state index < -0.39 is 11.5 Å². The van der Waals surface area contributed by atoms with Crippen molar-refractivity contribution in [1.82, 2.24) is 0 Å². The van der Waals surface area contributed by atoms with E-state index in [1.54, 1.807) is 0 Å². The molecule has 0 saturated heterocycles. The minimum atomic E-state index is -1.20. The highest BCUT2D eigenvalue weighted by Gasteiger charge is 2.44. The molecular formula is C17H15NO2. The lowest BCUT2D eigenvalue weighted by Crippen LogP contribution is -2.46. The third-order valence-corrected chi connectivity index (χ3v) is 3.77. The number of benzene rings is 2. The zero-order chi connectivity index (χ0) is 14.2. The molecular weight excluding hydrogens is 250 g/mol. The molecule has 2 aromatic carbocycles. The van der Waals surface area contributed by atoms with E-state index in [-0.39, 0.29) is 0 Å². The summed E-state index contributed by atoms with van der Waals surface area (Å²) in [6, 6.07) is 17.0. The second-order valence-electron chi connectivity index (χ2n) is 4.96. The zero-order valence-corrected chi connectivity index (χ0v) is 11.1. The van der Waals surface area contributed by atoms with Gasteiger partial charge in [0.05, 0.1) is 0 Å². The number of hydrogen-bond acceptors (Lipinski definition) is 2. The number of para-hydroxylation sites is 1. The van der Waals surface area contributed by atoms with Crippen LogP contribution in [0.5, 0.6) is 0 Å². The Hall–Kier alpha value is -2.55. The monoisotopic (exact) mass is 265 g/mol. The summed E-state index contributed by atoms with van der Waals surface area (Å²) in [5.41, 5.74) is 2.16. The van der Waals surface area contributed by atoms with Gasteiger partial charge in [-0.3, -0.25) is 0 Å². The Kier molecular flexibility index (Phi) is 2.83. The highest BCUT2D eigenvalue weighted by Crippen LogP contribution is 2.40. The third kappa shape index (κ3) is 1.71. The van der Waals surface area contributed by atoms with Crippen LogP contribution >= 0.6 is 0 Å². The smallest absolute Gasteiger partial charge is 0.338 e. The van der Waals surface area contributed by atoms with E-state index in [0.717, 1.165) is 22.4 Å². The molecule has 1 aliphatic heterocycles. The first-order chi connectivity index (χ1) is 9.64. The van der Waals surface area contributed by atoms with Gasteiger partial charge in [-0.1, -0.05) is 54.6 Å². The number of rotatable bonds is 2. The number of fused-ring (bicyclic) bond motifs is 1. The SMILES string of the molecule is CC1=Cc2ccccc2NC1(C(=O)O)c1ccccc1. The quantitative estimate of drug-likeness (QED) is 0.873. The summed E-state index contributed by atoms with van der Waals surface area (Å²) in [5, 5.41) is 13.0. The molecule has 1 heterocycles. The lowest BCUT2D eigenvalue weighted by Gasteiger charge is -2.36. The Bertz CT molecular complexity index is 691. The first-order valence-corrected chi connectivity index (χ1v) is 6.49. The summed E-state index contributed by atoms with van der Waals surface area (Å²) in [4.78, 5) is 12.0. The van der Waals surface area contributed by atoms with Gasteiger partial charge in [-0.15, -0.1) is 0 Å². The van der Waals surface area contributed by atoms with Gasteiger partial charge in [0.15, 0.2) is 5.54 Å². The van der Waals surface area contributed by atoms with Gasteiger partial charge in [-0.2, -0.15) is 0 Å². The van der Waals surface area contributed by atoms with Crippen molar-refractivity contribution >= 4 is 17.7 Å². The van der Waals surface area contributed by atoms with Gasteiger partial charge in [0.1, 0.15) is 0 Å². The molecule has 3 heteroatoms. The fourth-order valence-electron chi connectivity index (χ4n) is 2.71. The highest BCUT2D eigenvalue weighted by atomic mass is 16.4. The minimum Gasteiger partial charge on any atom is -0.479 e. The summed E-state index contributed by atoms with van der Waals surface area (Å²) in [6.07, 6.45) is 1.94. The number of anilines is 1. The number of hydrogen-bond donors (Lipinski definition) is 2. The predicted octanol–water partition coefficient (Wildman–Crippen LogP) is 3.50. The molecule has 0 aliphatic carbocycles. The van der Waals surface area contributed by atoms with E-state index in [9.17, 15) is 9.90 Å². The first-order valence-electron chi connectivity index (χ1n) is 6.49. The number of aliphatic carboxylic acids is 1. The lowest BCUT2D eigenvalue weighted by atomic mass is 9.79. The number of carboxylic acids is 1. The second kappa shape index (κ2) is 4.53. The van der Waals surface area contributed by atoms with E-state index in [4.69, 9.17) is 0 Å². The number of carboxylic acid groups (broad SMARTS) is 1. The molecule has 0 bridgehead atoms. The summed E-state index contributed by atoms with van der Waals surface area (Å²) in [6.45, 7) is 1.85. The van der Waals surface area contributed by atoms with Gasteiger partial charge in [0.2, 0.25) is 0 Å². The molecule has 0 fully saturated rings. The highest BCUT2D eigenvalue weighted by molar-refractivity contribution is 5.94. The van der Waals surface area contributed by atoms with Crippen molar-refractivity contribution in [1.29, 1.82) is 0 Å². The van der Waals surface area contributed by atoms with Gasteiger partial charge in [0, 0.05) is 5.69 Å². The van der Waals surface area contributed by atoms with Crippen LogP contribution in [0.2, 0.25) is 0 Å². The Morgan fingerprint density at radius 1 is 1.05 bits per heavy atom. The molecule has 0 saturated carbocycles. The lowest BCUT2D eigenvalue weighted by molar-refractivity contribution is -0.141. The Balaban J connectivity index is 2.22. The second-order valence-corrected chi connectivity index (χ2v) is 4.96. The number of nitrogens with one attached hydrogen (secondary N) is 1. The molecule has 20 heavy (non-hydrogen) atoms. The van der Waals surface area contributed by atoms with Crippen LogP contribution in [0.4, 0.5) is 5.69 Å². The maximum atomic E-state index is 12.0. The zero-order valence-electron chi connectivity index (χ0n) is 11.1. The molecule has 100 valence electrons. The van der Waals surface area contributed by atoms with Crippen LogP contribution in [0.25, 0.3) is 6.08 Å². The van der Waals surface area contributed by atoms with E-state index in [1.807, 2.05) is 67.6 Å². The largest absolute Gasteiger partial charge is 0.479 e. The molecule has 2 N–H and O–H groups in total. The summed E-state index contributed by atoms with van der Waals surface area (Å²) < 4.78 is 0. The van der Waals surface area contributed by atoms with Crippen LogP contribution in [0.3, 0.4) is 0 Å². The van der Waals surface area contributed by atoms with Crippen LogP contribution < -0.4 is 5.32 Å². The average molecular weight is 265 g/mol. The van der Waals surface area contributed by atoms with Crippen LogP contribution in [0.15, 0.2) is 60.2 Å². The van der Waals surface area contributed by atoms with Crippen LogP contribution in [0, 0.1) is 0 Å². The molecule has 1 atom stereocenters. The van der Waals surface area contributed by atoms with Crippen molar-refractivity contribution in [3.8, 4) is 0 Å². The van der Waals surface area contributed by atoms with Crippen LogP contribution in [-0.4, -0.2) is 11.1 Å². The van der Waals surface area contributed by atoms with E-state index in [1.165, 1.54) is 0 Å². The maximum absolute atomic E-state index is 12.0. The molecule has 1 aliphatic rings. The first kappa shape index (κ1) is 12.5. The Morgan fingerprint density at radius 2 is 1.70 bits per heavy atom. The van der Waals surface area contributed by atoms with Crippen molar-refractivity contribution in [3.63, 3.8) is 0 Å². The summed E-state index contributed by atoms with van der Waals surface area (Å²) in [5.74, 6) is -0.896. The molecule has 1 unspecified atom stereocenters. The standard InChI is InChI=1S/C17H15NO2/c1-12-11-13-7-5-6-10-15(13)18-17(12,16(19)20)14-8-3-2-4-9-14/h2-11,18H,1H3,(H,19,20). The number of carbonyl (C=O) groups is 1. The molecule has 3 rings (SSSR count). The molecule has 0 amide bonds. The minimum absolute atomic E-state index is 0.732. The van der Waals surface area contributed by atoms with Gasteiger partial charge in [0.25, 0.3) is 0 Å². The molecule has 3 nitrogen and oxygen atoms in total. The maximum Gasteiger partial charge on any atom is 0.338 e. The van der Waals surface area contributed by atoms with Crippen LogP contribution in [-0.2, 0) is 10.3 Å². The fourth-order valence-corrected chi connectivity index (χ4v) is 2.71. The Labute approximate surface area is 117 Å². The molecule has 0 spiro atoms. The van der Waals surface area contributed by atoms with E-state index in [2.05, 4.69) is 5.32 Å². The van der Waals surface area contributed by atoms with Gasteiger partial charge >= 0.3 is 5.97 Å². The van der Waals surface area contributed by atoms with Crippen molar-refractivity contribution in [2.45, 2.75) is 12.5 Å². The van der Waals surface area contributed by atoms with Gasteiger partial charge < -0.3 is 10.4 Å². The molecule has 0 aromatic heterocycles. The van der Waals surface area contributed by atoms with Gasteiger partial charge in [-0.05, 0) is 29.7 Å². The van der Waals surface area contributed by atoms with E-state index >= 15 is 0 Å². The fraction of sp³-hybridized carbons (Fsp3) is 0.118. The van der Waals surface area contributed by atoms with Crippen molar-refractivity contribution in [2.24, 2.45) is 0 Å². The Morgan fingerprint density at radius 3 is 2.40 bits per heavy atom. The summed E-state index contributed by atoms with van der Waals surface area (Å²) in [7, 11) is 0. The van der Waals surface area contributed by atoms with E-state index in [0.29, 0.717) is 0 Å². The normalized spacial score (nSPS) is 20.6.